The standard InChI is InChI=1S/C12H14ClNO4/c1-2-18-10(15)6-14-11(16)8-4-3-7(13)5-9(8)12(14)17/h3,8-9H,2,4-6H2,1H3/t8-,9+/m0/s1. The van der Waals surface area contributed by atoms with Crippen LogP contribution in [-0.2, 0) is 19.1 Å². The Morgan fingerprint density at radius 3 is 2.78 bits per heavy atom. The Morgan fingerprint density at radius 1 is 1.44 bits per heavy atom. The Balaban J connectivity index is 2.09. The minimum atomic E-state index is -0.558. The zero-order valence-corrected chi connectivity index (χ0v) is 10.8. The molecule has 6 heteroatoms. The summed E-state index contributed by atoms with van der Waals surface area (Å²) < 4.78 is 4.75. The third-order valence-electron chi connectivity index (χ3n) is 3.25. The first kappa shape index (κ1) is 13.1. The first-order chi connectivity index (χ1) is 8.54. The quantitative estimate of drug-likeness (QED) is 0.569. The molecule has 0 N–H and O–H groups in total. The van der Waals surface area contributed by atoms with Crippen molar-refractivity contribution in [3.05, 3.63) is 11.1 Å². The average molecular weight is 272 g/mol. The SMILES string of the molecule is CCOC(=O)CN1C(=O)[C@H]2CC=C(Cl)C[C@H]2C1=O. The molecule has 0 aromatic carbocycles. The highest BCUT2D eigenvalue weighted by Gasteiger charge is 2.48. The molecule has 0 spiro atoms. The first-order valence-electron chi connectivity index (χ1n) is 5.90. The van der Waals surface area contributed by atoms with Gasteiger partial charge in [-0.2, -0.15) is 0 Å². The van der Waals surface area contributed by atoms with Crippen LogP contribution in [0.4, 0.5) is 0 Å². The predicted molar refractivity (Wildman–Crippen MR) is 63.5 cm³/mol. The third-order valence-corrected chi connectivity index (χ3v) is 3.56. The number of hydrogen-bond donors (Lipinski definition) is 0. The minimum Gasteiger partial charge on any atom is -0.465 e. The molecule has 0 bridgehead atoms. The molecule has 98 valence electrons. The lowest BCUT2D eigenvalue weighted by Crippen LogP contribution is -2.36. The number of amides is 2. The molecule has 0 radical (unpaired) electrons. The van der Waals surface area contributed by atoms with Crippen LogP contribution in [0.5, 0.6) is 0 Å². The normalized spacial score (nSPS) is 27.0. The number of esters is 1. The van der Waals surface area contributed by atoms with E-state index in [0.717, 1.165) is 4.90 Å². The molecule has 0 saturated carbocycles. The summed E-state index contributed by atoms with van der Waals surface area (Å²) in [7, 11) is 0. The lowest BCUT2D eigenvalue weighted by molar-refractivity contribution is -0.152. The smallest absolute Gasteiger partial charge is 0.326 e. The topological polar surface area (TPSA) is 63.7 Å². The number of halogens is 1. The van der Waals surface area contributed by atoms with Gasteiger partial charge in [0.2, 0.25) is 11.8 Å². The van der Waals surface area contributed by atoms with Crippen molar-refractivity contribution in [1.29, 1.82) is 0 Å². The van der Waals surface area contributed by atoms with E-state index in [0.29, 0.717) is 17.9 Å². The van der Waals surface area contributed by atoms with Crippen LogP contribution >= 0.6 is 11.6 Å². The van der Waals surface area contributed by atoms with Gasteiger partial charge in [-0.25, -0.2) is 0 Å². The molecule has 0 unspecified atom stereocenters. The number of nitrogens with zero attached hydrogens (tertiary/aromatic N) is 1. The van der Waals surface area contributed by atoms with Crippen molar-refractivity contribution in [1.82, 2.24) is 4.90 Å². The summed E-state index contributed by atoms with van der Waals surface area (Å²) in [6.07, 6.45) is 2.62. The van der Waals surface area contributed by atoms with Crippen LogP contribution in [0, 0.1) is 11.8 Å². The predicted octanol–water partition coefficient (Wildman–Crippen LogP) is 1.07. The summed E-state index contributed by atoms with van der Waals surface area (Å²) in [5.41, 5.74) is 0. The molecule has 2 aliphatic rings. The van der Waals surface area contributed by atoms with E-state index in [-0.39, 0.29) is 30.9 Å². The lowest BCUT2D eigenvalue weighted by Gasteiger charge is -2.17. The summed E-state index contributed by atoms with van der Waals surface area (Å²) >= 11 is 5.89. The second kappa shape index (κ2) is 5.10. The second-order valence-electron chi connectivity index (χ2n) is 4.37. The molecule has 1 heterocycles. The number of fused-ring (bicyclic) bond motifs is 1. The number of ether oxygens (including phenoxy) is 1. The van der Waals surface area contributed by atoms with E-state index in [1.165, 1.54) is 0 Å². The lowest BCUT2D eigenvalue weighted by atomic mass is 9.85. The molecular formula is C12H14ClNO4. The first-order valence-corrected chi connectivity index (χ1v) is 6.27. The van der Waals surface area contributed by atoms with Crippen LogP contribution < -0.4 is 0 Å². The van der Waals surface area contributed by atoms with Gasteiger partial charge in [0, 0.05) is 5.03 Å². The third kappa shape index (κ3) is 2.27. The molecule has 1 aliphatic carbocycles. The average Bonchev–Trinajstić information content (AvgIpc) is 2.55. The van der Waals surface area contributed by atoms with Gasteiger partial charge in [0.25, 0.3) is 0 Å². The summed E-state index contributed by atoms with van der Waals surface area (Å²) in [5.74, 6) is -1.95. The molecule has 1 saturated heterocycles. The van der Waals surface area contributed by atoms with E-state index in [2.05, 4.69) is 0 Å². The Morgan fingerprint density at radius 2 is 2.11 bits per heavy atom. The van der Waals surface area contributed by atoms with Crippen molar-refractivity contribution in [2.75, 3.05) is 13.2 Å². The molecule has 2 atom stereocenters. The number of rotatable bonds is 3. The summed E-state index contributed by atoms with van der Waals surface area (Å²) in [6, 6.07) is 0. The van der Waals surface area contributed by atoms with Gasteiger partial charge in [-0.15, -0.1) is 0 Å². The number of carbonyl (C=O) groups is 3. The number of allylic oxidation sites excluding steroid dienone is 2. The highest BCUT2D eigenvalue weighted by Crippen LogP contribution is 2.38. The van der Waals surface area contributed by atoms with Crippen molar-refractivity contribution < 1.29 is 19.1 Å². The molecule has 1 aliphatic heterocycles. The van der Waals surface area contributed by atoms with Crippen molar-refractivity contribution in [3.63, 3.8) is 0 Å². The fraction of sp³-hybridized carbons (Fsp3) is 0.583. The van der Waals surface area contributed by atoms with E-state index in [4.69, 9.17) is 16.3 Å². The molecule has 18 heavy (non-hydrogen) atoms. The highest BCUT2D eigenvalue weighted by atomic mass is 35.5. The number of hydrogen-bond acceptors (Lipinski definition) is 4. The zero-order chi connectivity index (χ0) is 13.3. The van der Waals surface area contributed by atoms with Crippen LogP contribution in [0.1, 0.15) is 19.8 Å². The van der Waals surface area contributed by atoms with Crippen molar-refractivity contribution in [3.8, 4) is 0 Å². The summed E-state index contributed by atoms with van der Waals surface area (Å²) in [5, 5.41) is 0.607. The second-order valence-corrected chi connectivity index (χ2v) is 4.86. The van der Waals surface area contributed by atoms with E-state index in [9.17, 15) is 14.4 Å². The Labute approximate surface area is 110 Å². The molecule has 2 rings (SSSR count). The summed E-state index contributed by atoms with van der Waals surface area (Å²) in [6.45, 7) is 1.61. The molecule has 0 aromatic heterocycles. The van der Waals surface area contributed by atoms with Gasteiger partial charge in [-0.3, -0.25) is 19.3 Å². The highest BCUT2D eigenvalue weighted by molar-refractivity contribution is 6.30. The van der Waals surface area contributed by atoms with Crippen LogP contribution in [0.25, 0.3) is 0 Å². The van der Waals surface area contributed by atoms with E-state index < -0.39 is 11.9 Å². The van der Waals surface area contributed by atoms with E-state index in [1.54, 1.807) is 13.0 Å². The molecule has 1 fully saturated rings. The van der Waals surface area contributed by atoms with Gasteiger partial charge in [-0.1, -0.05) is 17.7 Å². The van der Waals surface area contributed by atoms with Crippen LogP contribution in [0.2, 0.25) is 0 Å². The van der Waals surface area contributed by atoms with Gasteiger partial charge in [0.15, 0.2) is 0 Å². The fourth-order valence-electron chi connectivity index (χ4n) is 2.39. The fourth-order valence-corrected chi connectivity index (χ4v) is 2.64. The van der Waals surface area contributed by atoms with Crippen molar-refractivity contribution in [2.45, 2.75) is 19.8 Å². The molecule has 0 aromatic rings. The van der Waals surface area contributed by atoms with Gasteiger partial charge in [-0.05, 0) is 19.8 Å². The monoisotopic (exact) mass is 271 g/mol. The van der Waals surface area contributed by atoms with Gasteiger partial charge >= 0.3 is 5.97 Å². The molecule has 2 amide bonds. The Hall–Kier alpha value is -1.36. The van der Waals surface area contributed by atoms with Crippen LogP contribution in [-0.4, -0.2) is 35.8 Å². The number of imide groups is 1. The van der Waals surface area contributed by atoms with Crippen LogP contribution in [0.3, 0.4) is 0 Å². The maximum absolute atomic E-state index is 12.0. The minimum absolute atomic E-state index is 0.231. The maximum Gasteiger partial charge on any atom is 0.326 e. The Bertz CT molecular complexity index is 432. The molecule has 5 nitrogen and oxygen atoms in total. The van der Waals surface area contributed by atoms with E-state index in [1.807, 2.05) is 0 Å². The molecular weight excluding hydrogens is 258 g/mol. The van der Waals surface area contributed by atoms with Crippen molar-refractivity contribution >= 4 is 29.4 Å². The number of carbonyl (C=O) groups excluding carboxylic acids is 3. The van der Waals surface area contributed by atoms with Gasteiger partial charge < -0.3 is 4.74 Å². The van der Waals surface area contributed by atoms with E-state index >= 15 is 0 Å². The van der Waals surface area contributed by atoms with Crippen LogP contribution in [0.15, 0.2) is 11.1 Å². The van der Waals surface area contributed by atoms with Crippen molar-refractivity contribution in [2.24, 2.45) is 11.8 Å². The summed E-state index contributed by atoms with van der Waals surface area (Å²) in [4.78, 5) is 36.4. The zero-order valence-electron chi connectivity index (χ0n) is 10.0. The Kier molecular flexibility index (Phi) is 3.71. The van der Waals surface area contributed by atoms with Gasteiger partial charge in [0.1, 0.15) is 6.54 Å². The largest absolute Gasteiger partial charge is 0.465 e. The van der Waals surface area contributed by atoms with Gasteiger partial charge in [0.05, 0.1) is 18.4 Å². The number of likely N-dealkylation sites (tertiary alicyclic amines) is 1. The maximum atomic E-state index is 12.0.